The summed E-state index contributed by atoms with van der Waals surface area (Å²) >= 11 is 1.59. The molecule has 1 aliphatic carbocycles. The van der Waals surface area contributed by atoms with E-state index in [1.807, 2.05) is 11.3 Å². The van der Waals surface area contributed by atoms with Crippen molar-refractivity contribution in [2.24, 2.45) is 10.7 Å². The third-order valence-corrected chi connectivity index (χ3v) is 10.00. The standard InChI is InChI=1S/C26H31IN3S/c1-16(18-6-9-20(10-7-18)26(3,4)5)17(2)19-8-13-22-23(14-19)31-25(30-22)27-15-24(28)29-21-11-12-21/h6-10,13-14,17,21H,1,11-12,15H2,2-5H3,(H2,28,29)/q+1. The van der Waals surface area contributed by atoms with Gasteiger partial charge in [0, 0.05) is 5.92 Å². The second-order valence-electron chi connectivity index (χ2n) is 9.39. The summed E-state index contributed by atoms with van der Waals surface area (Å²) in [6.45, 7) is 13.4. The van der Waals surface area contributed by atoms with Gasteiger partial charge in [-0.1, -0.05) is 75.9 Å². The fraction of sp³-hybridized carbons (Fsp3) is 0.385. The predicted octanol–water partition coefficient (Wildman–Crippen LogP) is 3.19. The zero-order valence-electron chi connectivity index (χ0n) is 18.8. The number of rotatable bonds is 7. The van der Waals surface area contributed by atoms with E-state index in [-0.39, 0.29) is 32.5 Å². The molecule has 1 heterocycles. The normalized spacial score (nSPS) is 15.9. The van der Waals surface area contributed by atoms with Gasteiger partial charge >= 0.3 is 24.2 Å². The van der Waals surface area contributed by atoms with Gasteiger partial charge in [0.15, 0.2) is 0 Å². The Hall–Kier alpha value is -1.73. The summed E-state index contributed by atoms with van der Waals surface area (Å²) in [4.78, 5) is 9.40. The smallest absolute Gasteiger partial charge is 0.356 e. The number of aliphatic imine (C=N–C) groups is 1. The summed E-state index contributed by atoms with van der Waals surface area (Å²) in [6, 6.07) is 16.0. The summed E-state index contributed by atoms with van der Waals surface area (Å²) in [7, 11) is 0. The van der Waals surface area contributed by atoms with E-state index in [1.54, 1.807) is 0 Å². The fourth-order valence-electron chi connectivity index (χ4n) is 3.47. The van der Waals surface area contributed by atoms with Crippen LogP contribution in [0, 0.1) is 3.01 Å². The van der Waals surface area contributed by atoms with Crippen molar-refractivity contribution in [2.75, 3.05) is 4.43 Å². The first-order chi connectivity index (χ1) is 14.7. The molecule has 1 atom stereocenters. The molecule has 3 nitrogen and oxygen atoms in total. The van der Waals surface area contributed by atoms with Gasteiger partial charge in [0.2, 0.25) is 4.43 Å². The van der Waals surface area contributed by atoms with E-state index in [0.29, 0.717) is 6.04 Å². The summed E-state index contributed by atoms with van der Waals surface area (Å²) < 4.78 is 3.40. The lowest BCUT2D eigenvalue weighted by atomic mass is 9.84. The second kappa shape index (κ2) is 9.02. The van der Waals surface area contributed by atoms with Gasteiger partial charge in [0.1, 0.15) is 5.84 Å². The molecule has 0 bridgehead atoms. The van der Waals surface area contributed by atoms with E-state index < -0.39 is 0 Å². The third-order valence-electron chi connectivity index (χ3n) is 5.74. The Balaban J connectivity index is 1.47. The summed E-state index contributed by atoms with van der Waals surface area (Å²) in [5.74, 6) is 1.07. The van der Waals surface area contributed by atoms with Gasteiger partial charge in [-0.15, -0.1) is 0 Å². The Morgan fingerprint density at radius 3 is 2.58 bits per heavy atom. The lowest BCUT2D eigenvalue weighted by Gasteiger charge is -2.21. The highest BCUT2D eigenvalue weighted by Gasteiger charge is 2.24. The fourth-order valence-corrected chi connectivity index (χ4v) is 7.16. The monoisotopic (exact) mass is 544 g/mol. The molecule has 0 saturated heterocycles. The highest BCUT2D eigenvalue weighted by Crippen LogP contribution is 2.33. The van der Waals surface area contributed by atoms with Crippen LogP contribution in [0.3, 0.4) is 0 Å². The Labute approximate surface area is 200 Å². The minimum absolute atomic E-state index is 0.164. The number of thiazole rings is 1. The molecule has 1 aromatic heterocycles. The molecule has 2 aromatic carbocycles. The minimum atomic E-state index is -0.220. The largest absolute Gasteiger partial charge is 0.384 e. The molecule has 1 fully saturated rings. The van der Waals surface area contributed by atoms with Crippen LogP contribution >= 0.6 is 11.3 Å². The first-order valence-electron chi connectivity index (χ1n) is 10.8. The molecule has 4 rings (SSSR count). The summed E-state index contributed by atoms with van der Waals surface area (Å²) in [6.07, 6.45) is 2.40. The topological polar surface area (TPSA) is 51.3 Å². The van der Waals surface area contributed by atoms with Gasteiger partial charge in [0.05, 0.1) is 16.3 Å². The molecule has 0 aliphatic heterocycles. The van der Waals surface area contributed by atoms with Gasteiger partial charge in [-0.2, -0.15) is 4.98 Å². The SMILES string of the molecule is C=C(c1ccc(C(C)(C)C)cc1)C(C)c1ccc2nc([I+]CC(N)=NC3CC3)sc2c1. The van der Waals surface area contributed by atoms with Crippen molar-refractivity contribution in [3.8, 4) is 0 Å². The number of benzene rings is 2. The van der Waals surface area contributed by atoms with E-state index in [9.17, 15) is 0 Å². The molecule has 162 valence electrons. The number of nitrogens with zero attached hydrogens (tertiary/aromatic N) is 2. The molecule has 31 heavy (non-hydrogen) atoms. The van der Waals surface area contributed by atoms with Crippen molar-refractivity contribution in [1.29, 1.82) is 0 Å². The number of hydrogen-bond acceptors (Lipinski definition) is 3. The molecule has 0 radical (unpaired) electrons. The number of alkyl halides is 1. The molecule has 2 N–H and O–H groups in total. The molecular weight excluding hydrogens is 513 g/mol. The lowest BCUT2D eigenvalue weighted by molar-refractivity contribution is -0.612. The van der Waals surface area contributed by atoms with Crippen LogP contribution < -0.4 is 26.9 Å². The number of amidine groups is 1. The second-order valence-corrected chi connectivity index (χ2v) is 13.7. The van der Waals surface area contributed by atoms with Crippen LogP contribution in [0.1, 0.15) is 63.1 Å². The first-order valence-corrected chi connectivity index (χ1v) is 14.2. The van der Waals surface area contributed by atoms with Crippen LogP contribution in [0.5, 0.6) is 0 Å². The van der Waals surface area contributed by atoms with Gasteiger partial charge in [-0.3, -0.25) is 4.99 Å². The zero-order valence-corrected chi connectivity index (χ0v) is 21.8. The molecule has 0 spiro atoms. The maximum Gasteiger partial charge on any atom is 0.356 e. The number of halogens is 1. The number of aromatic nitrogens is 1. The maximum absolute atomic E-state index is 6.09. The van der Waals surface area contributed by atoms with Crippen molar-refractivity contribution in [2.45, 2.75) is 57.9 Å². The molecule has 5 heteroatoms. The van der Waals surface area contributed by atoms with Gasteiger partial charge < -0.3 is 5.73 Å². The van der Waals surface area contributed by atoms with Crippen LogP contribution in [0.2, 0.25) is 0 Å². The quantitative estimate of drug-likeness (QED) is 0.215. The average Bonchev–Trinajstić information content (AvgIpc) is 3.45. The Morgan fingerprint density at radius 1 is 1.23 bits per heavy atom. The maximum atomic E-state index is 6.09. The Bertz CT molecular complexity index is 1120. The van der Waals surface area contributed by atoms with Crippen LogP contribution in [-0.2, 0) is 5.41 Å². The van der Waals surface area contributed by atoms with Gasteiger partial charge in [-0.05, 0) is 52.7 Å². The van der Waals surface area contributed by atoms with E-state index in [2.05, 4.69) is 81.7 Å². The Kier molecular flexibility index (Phi) is 6.54. The van der Waals surface area contributed by atoms with Crippen LogP contribution in [-0.4, -0.2) is 21.3 Å². The molecule has 1 aliphatic rings. The highest BCUT2D eigenvalue weighted by molar-refractivity contribution is 7.16. The average molecular weight is 545 g/mol. The molecule has 3 aromatic rings. The highest BCUT2D eigenvalue weighted by atomic mass is 127. The van der Waals surface area contributed by atoms with Crippen molar-refractivity contribution in [1.82, 2.24) is 4.98 Å². The molecular formula is C26H31IN3S+. The number of allylic oxidation sites excluding steroid dienone is 1. The van der Waals surface area contributed by atoms with E-state index >= 15 is 0 Å². The zero-order chi connectivity index (χ0) is 22.2. The number of fused-ring (bicyclic) bond motifs is 1. The van der Waals surface area contributed by atoms with Gasteiger partial charge in [0.25, 0.3) is 0 Å². The number of hydrogen-bond donors (Lipinski definition) is 1. The minimum Gasteiger partial charge on any atom is -0.384 e. The lowest BCUT2D eigenvalue weighted by Crippen LogP contribution is -3.63. The third kappa shape index (κ3) is 5.55. The van der Waals surface area contributed by atoms with Crippen molar-refractivity contribution >= 4 is 33.0 Å². The van der Waals surface area contributed by atoms with Crippen LogP contribution in [0.15, 0.2) is 54.0 Å². The van der Waals surface area contributed by atoms with Crippen molar-refractivity contribution in [3.05, 3.63) is 68.7 Å². The van der Waals surface area contributed by atoms with Gasteiger partial charge in [-0.25, -0.2) is 0 Å². The molecule has 0 amide bonds. The van der Waals surface area contributed by atoms with E-state index in [4.69, 9.17) is 10.7 Å². The van der Waals surface area contributed by atoms with E-state index in [1.165, 1.54) is 37.2 Å². The summed E-state index contributed by atoms with van der Waals surface area (Å²) in [5.41, 5.74) is 12.3. The number of nitrogens with two attached hydrogens (primary N) is 1. The first kappa shape index (κ1) is 22.5. The van der Waals surface area contributed by atoms with E-state index in [0.717, 1.165) is 21.4 Å². The molecule has 1 saturated carbocycles. The summed E-state index contributed by atoms with van der Waals surface area (Å²) in [5, 5.41) is 0. The Morgan fingerprint density at radius 2 is 1.94 bits per heavy atom. The van der Waals surface area contributed by atoms with Crippen LogP contribution in [0.25, 0.3) is 15.8 Å². The molecule has 1 unspecified atom stereocenters. The van der Waals surface area contributed by atoms with Crippen molar-refractivity contribution < 1.29 is 21.2 Å². The van der Waals surface area contributed by atoms with Crippen molar-refractivity contribution in [3.63, 3.8) is 0 Å². The van der Waals surface area contributed by atoms with Crippen LogP contribution in [0.4, 0.5) is 0 Å². The predicted molar refractivity (Wildman–Crippen MR) is 130 cm³/mol.